The number of aliphatic carboxylic acids is 1. The molecule has 13 heavy (non-hydrogen) atoms. The topological polar surface area (TPSA) is 49.3 Å². The molecule has 2 rings (SSSR count). The summed E-state index contributed by atoms with van der Waals surface area (Å²) in [6.45, 7) is 0. The van der Waals surface area contributed by atoms with Crippen LogP contribution in [0.3, 0.4) is 0 Å². The van der Waals surface area contributed by atoms with Crippen molar-refractivity contribution in [3.8, 4) is 0 Å². The molecule has 1 aliphatic carbocycles. The monoisotopic (exact) mass is 181 g/mol. The van der Waals surface area contributed by atoms with Crippen molar-refractivity contribution in [1.29, 1.82) is 0 Å². The summed E-state index contributed by atoms with van der Waals surface area (Å²) >= 11 is 0. The van der Waals surface area contributed by atoms with Crippen molar-refractivity contribution < 1.29 is 9.90 Å². The highest BCUT2D eigenvalue weighted by Gasteiger charge is 2.32. The van der Waals surface area contributed by atoms with Crippen molar-refractivity contribution in [2.75, 3.05) is 0 Å². The molecule has 0 aromatic rings. The van der Waals surface area contributed by atoms with Crippen LogP contribution in [0.1, 0.15) is 25.7 Å². The fourth-order valence-corrected chi connectivity index (χ4v) is 2.31. The third-order valence-electron chi connectivity index (χ3n) is 3.10. The molecular weight excluding hydrogens is 166 g/mol. The molecule has 3 nitrogen and oxygen atoms in total. The summed E-state index contributed by atoms with van der Waals surface area (Å²) < 4.78 is 0. The van der Waals surface area contributed by atoms with Gasteiger partial charge in [-0.3, -0.25) is 4.79 Å². The zero-order chi connectivity index (χ0) is 9.26. The molecule has 1 fully saturated rings. The number of allylic oxidation sites excluding steroid dienone is 1. The smallest absolute Gasteiger partial charge is 0.320 e. The van der Waals surface area contributed by atoms with E-state index in [9.17, 15) is 4.79 Å². The van der Waals surface area contributed by atoms with Crippen molar-refractivity contribution >= 4 is 5.97 Å². The van der Waals surface area contributed by atoms with Crippen molar-refractivity contribution in [3.63, 3.8) is 0 Å². The molecule has 0 bridgehead atoms. The second-order valence-electron chi connectivity index (χ2n) is 3.94. The second kappa shape index (κ2) is 3.50. The molecule has 2 aliphatic rings. The first kappa shape index (κ1) is 8.75. The van der Waals surface area contributed by atoms with E-state index in [1.165, 1.54) is 0 Å². The Balaban J connectivity index is 1.99. The van der Waals surface area contributed by atoms with Crippen molar-refractivity contribution in [2.24, 2.45) is 5.92 Å². The zero-order valence-electron chi connectivity index (χ0n) is 7.57. The number of hydrogen-bond acceptors (Lipinski definition) is 2. The highest BCUT2D eigenvalue weighted by atomic mass is 16.4. The third-order valence-corrected chi connectivity index (χ3v) is 3.10. The van der Waals surface area contributed by atoms with Gasteiger partial charge in [0.05, 0.1) is 0 Å². The Labute approximate surface area is 77.8 Å². The first-order valence-corrected chi connectivity index (χ1v) is 4.91. The second-order valence-corrected chi connectivity index (χ2v) is 3.94. The summed E-state index contributed by atoms with van der Waals surface area (Å²) in [4.78, 5) is 10.7. The molecule has 3 atom stereocenters. The summed E-state index contributed by atoms with van der Waals surface area (Å²) in [5.74, 6) is -0.0337. The maximum atomic E-state index is 10.7. The first-order valence-electron chi connectivity index (χ1n) is 4.91. The Kier molecular flexibility index (Phi) is 2.36. The molecule has 0 saturated carbocycles. The van der Waals surface area contributed by atoms with E-state index < -0.39 is 5.97 Å². The number of carboxylic acids is 1. The molecule has 1 aliphatic heterocycles. The van der Waals surface area contributed by atoms with Crippen molar-refractivity contribution in [3.05, 3.63) is 12.2 Å². The largest absolute Gasteiger partial charge is 0.480 e. The normalized spacial score (nSPS) is 38.3. The molecule has 0 radical (unpaired) electrons. The molecule has 72 valence electrons. The van der Waals surface area contributed by atoms with Crippen LogP contribution in [0.5, 0.6) is 0 Å². The van der Waals surface area contributed by atoms with E-state index in [0.717, 1.165) is 25.7 Å². The molecule has 2 N–H and O–H groups in total. The lowest BCUT2D eigenvalue weighted by Crippen LogP contribution is -2.51. The van der Waals surface area contributed by atoms with Gasteiger partial charge in [-0.1, -0.05) is 12.2 Å². The predicted molar refractivity (Wildman–Crippen MR) is 49.4 cm³/mol. The van der Waals surface area contributed by atoms with E-state index in [0.29, 0.717) is 12.0 Å². The molecule has 0 aromatic heterocycles. The molecule has 0 spiro atoms. The van der Waals surface area contributed by atoms with Crippen molar-refractivity contribution in [1.82, 2.24) is 5.32 Å². The number of fused-ring (bicyclic) bond motifs is 1. The average Bonchev–Trinajstić information content (AvgIpc) is 2.17. The van der Waals surface area contributed by atoms with Gasteiger partial charge in [0.2, 0.25) is 0 Å². The van der Waals surface area contributed by atoms with Crippen LogP contribution in [0, 0.1) is 5.92 Å². The quantitative estimate of drug-likeness (QED) is 0.597. The Bertz CT molecular complexity index is 237. The first-order chi connectivity index (χ1) is 6.27. The van der Waals surface area contributed by atoms with Gasteiger partial charge in [0.15, 0.2) is 0 Å². The van der Waals surface area contributed by atoms with Gasteiger partial charge in [0.25, 0.3) is 0 Å². The van der Waals surface area contributed by atoms with E-state index in [1.54, 1.807) is 0 Å². The minimum absolute atomic E-state index is 0.312. The summed E-state index contributed by atoms with van der Waals surface area (Å²) in [6, 6.07) is 0.0904. The number of carboxylic acid groups (broad SMARTS) is 1. The van der Waals surface area contributed by atoms with Gasteiger partial charge >= 0.3 is 5.97 Å². The summed E-state index contributed by atoms with van der Waals surface area (Å²) in [6.07, 6.45) is 8.31. The molecule has 3 heteroatoms. The van der Waals surface area contributed by atoms with E-state index >= 15 is 0 Å². The van der Waals surface area contributed by atoms with Gasteiger partial charge in [-0.25, -0.2) is 0 Å². The van der Waals surface area contributed by atoms with Crippen LogP contribution >= 0.6 is 0 Å². The average molecular weight is 181 g/mol. The van der Waals surface area contributed by atoms with Gasteiger partial charge in [-0.05, 0) is 31.6 Å². The minimum atomic E-state index is -0.701. The lowest BCUT2D eigenvalue weighted by molar-refractivity contribution is -0.140. The van der Waals surface area contributed by atoms with Crippen LogP contribution in [0.15, 0.2) is 12.2 Å². The van der Waals surface area contributed by atoms with Gasteiger partial charge in [-0.2, -0.15) is 0 Å². The van der Waals surface area contributed by atoms with E-state index in [-0.39, 0.29) is 6.04 Å². The van der Waals surface area contributed by atoms with Crippen LogP contribution in [-0.4, -0.2) is 23.2 Å². The lowest BCUT2D eigenvalue weighted by Gasteiger charge is -2.36. The van der Waals surface area contributed by atoms with E-state index in [1.807, 2.05) is 0 Å². The molecule has 1 unspecified atom stereocenters. The maximum absolute atomic E-state index is 10.7. The summed E-state index contributed by atoms with van der Waals surface area (Å²) in [5, 5.41) is 12.1. The fraction of sp³-hybridized carbons (Fsp3) is 0.700. The van der Waals surface area contributed by atoms with Gasteiger partial charge in [-0.15, -0.1) is 0 Å². The van der Waals surface area contributed by atoms with Gasteiger partial charge < -0.3 is 10.4 Å². The van der Waals surface area contributed by atoms with Crippen LogP contribution in [-0.2, 0) is 4.79 Å². The molecule has 0 aromatic carbocycles. The Hall–Kier alpha value is -0.830. The number of nitrogens with one attached hydrogen (secondary N) is 1. The number of carbonyl (C=O) groups is 1. The van der Waals surface area contributed by atoms with E-state index in [2.05, 4.69) is 17.5 Å². The number of piperidine rings is 1. The lowest BCUT2D eigenvalue weighted by atomic mass is 9.81. The molecule has 1 heterocycles. The number of rotatable bonds is 1. The van der Waals surface area contributed by atoms with Crippen LogP contribution in [0.25, 0.3) is 0 Å². The highest BCUT2D eigenvalue weighted by molar-refractivity contribution is 5.73. The predicted octanol–water partition coefficient (Wildman–Crippen LogP) is 1.16. The van der Waals surface area contributed by atoms with Crippen molar-refractivity contribution in [2.45, 2.75) is 37.8 Å². The van der Waals surface area contributed by atoms with Gasteiger partial charge in [0, 0.05) is 6.04 Å². The molecule has 1 saturated heterocycles. The maximum Gasteiger partial charge on any atom is 0.320 e. The zero-order valence-corrected chi connectivity index (χ0v) is 7.57. The summed E-state index contributed by atoms with van der Waals surface area (Å²) in [7, 11) is 0. The third kappa shape index (κ3) is 1.75. The van der Waals surface area contributed by atoms with Crippen LogP contribution in [0.4, 0.5) is 0 Å². The standard InChI is InChI=1S/C10H15NO2/c12-10(13)9-6-5-7-3-1-2-4-8(7)11-9/h1-2,7-9,11H,3-6H2,(H,12,13)/t7-,8?,9+/m1/s1. The van der Waals surface area contributed by atoms with Gasteiger partial charge in [0.1, 0.15) is 6.04 Å². The Morgan fingerprint density at radius 2 is 2.08 bits per heavy atom. The number of hydrogen-bond donors (Lipinski definition) is 2. The molecule has 0 amide bonds. The minimum Gasteiger partial charge on any atom is -0.480 e. The molecular formula is C10H15NO2. The van der Waals surface area contributed by atoms with Crippen LogP contribution in [0.2, 0.25) is 0 Å². The Morgan fingerprint density at radius 1 is 1.31 bits per heavy atom. The van der Waals surface area contributed by atoms with E-state index in [4.69, 9.17) is 5.11 Å². The summed E-state index contributed by atoms with van der Waals surface area (Å²) in [5.41, 5.74) is 0. The Morgan fingerprint density at radius 3 is 2.85 bits per heavy atom. The SMILES string of the molecule is O=C(O)[C@@H]1CC[C@H]2CC=CCC2N1. The highest BCUT2D eigenvalue weighted by Crippen LogP contribution is 2.28. The van der Waals surface area contributed by atoms with Crippen LogP contribution < -0.4 is 5.32 Å². The fourth-order valence-electron chi connectivity index (χ4n) is 2.31.